The number of nitrogens with zero attached hydrogens (tertiary/aromatic N) is 3. The van der Waals surface area contributed by atoms with Crippen LogP contribution in [-0.2, 0) is 9.59 Å². The summed E-state index contributed by atoms with van der Waals surface area (Å²) in [4.78, 5) is 46.2. The Morgan fingerprint density at radius 2 is 1.77 bits per heavy atom. The Balaban J connectivity index is 1.58. The molecule has 3 heterocycles. The van der Waals surface area contributed by atoms with Gasteiger partial charge in [0.05, 0.1) is 23.9 Å². The van der Waals surface area contributed by atoms with E-state index in [-0.39, 0.29) is 24.4 Å². The lowest BCUT2D eigenvalue weighted by Gasteiger charge is -2.33. The van der Waals surface area contributed by atoms with Gasteiger partial charge in [-0.25, -0.2) is 4.79 Å². The van der Waals surface area contributed by atoms with Crippen LogP contribution >= 0.6 is 0 Å². The van der Waals surface area contributed by atoms with E-state index in [2.05, 4.69) is 11.4 Å². The molecule has 3 aliphatic heterocycles. The second-order valence-electron chi connectivity index (χ2n) is 9.63. The van der Waals surface area contributed by atoms with Gasteiger partial charge in [0.15, 0.2) is 0 Å². The number of urea groups is 1. The summed E-state index contributed by atoms with van der Waals surface area (Å²) in [5, 5.41) is 3.07. The number of nitrogens with one attached hydrogen (secondary N) is 1. The van der Waals surface area contributed by atoms with E-state index in [9.17, 15) is 14.4 Å². The van der Waals surface area contributed by atoms with Crippen molar-refractivity contribution < 1.29 is 14.4 Å². The molecule has 0 radical (unpaired) electrons. The van der Waals surface area contributed by atoms with Crippen molar-refractivity contribution in [3.8, 4) is 0 Å². The fraction of sp³-hybridized carbons (Fsp3) is 0.393. The van der Waals surface area contributed by atoms with E-state index in [1.807, 2.05) is 68.1 Å². The van der Waals surface area contributed by atoms with Gasteiger partial charge in [0.1, 0.15) is 6.04 Å². The van der Waals surface area contributed by atoms with Gasteiger partial charge in [-0.15, -0.1) is 0 Å². The summed E-state index contributed by atoms with van der Waals surface area (Å²) in [5.41, 5.74) is 5.10. The zero-order valence-electron chi connectivity index (χ0n) is 20.6. The third kappa shape index (κ3) is 3.99. The van der Waals surface area contributed by atoms with Gasteiger partial charge in [0, 0.05) is 19.6 Å². The van der Waals surface area contributed by atoms with Gasteiger partial charge in [0.25, 0.3) is 5.91 Å². The second-order valence-corrected chi connectivity index (χ2v) is 9.63. The molecule has 1 fully saturated rings. The molecule has 0 unspecified atom stereocenters. The highest BCUT2D eigenvalue weighted by molar-refractivity contribution is 6.04. The highest BCUT2D eigenvalue weighted by Gasteiger charge is 2.48. The van der Waals surface area contributed by atoms with Gasteiger partial charge >= 0.3 is 6.03 Å². The van der Waals surface area contributed by atoms with Crippen LogP contribution in [0.2, 0.25) is 0 Å². The Morgan fingerprint density at radius 3 is 2.43 bits per heavy atom. The first kappa shape index (κ1) is 23.1. The summed E-state index contributed by atoms with van der Waals surface area (Å²) < 4.78 is 0. The van der Waals surface area contributed by atoms with Gasteiger partial charge in [-0.2, -0.15) is 0 Å². The predicted octanol–water partition coefficient (Wildman–Crippen LogP) is 3.85. The average Bonchev–Trinajstić information content (AvgIpc) is 3.49. The van der Waals surface area contributed by atoms with E-state index in [4.69, 9.17) is 0 Å². The molecule has 1 saturated heterocycles. The van der Waals surface area contributed by atoms with E-state index in [0.29, 0.717) is 30.9 Å². The lowest BCUT2D eigenvalue weighted by atomic mass is 9.91. The third-order valence-electron chi connectivity index (χ3n) is 7.38. The lowest BCUT2D eigenvalue weighted by molar-refractivity contribution is -0.142. The summed E-state index contributed by atoms with van der Waals surface area (Å²) in [5.74, 6) is -0.239. The molecule has 0 aliphatic carbocycles. The molecule has 0 spiro atoms. The monoisotopic (exact) mass is 472 g/mol. The Kier molecular flexibility index (Phi) is 6.09. The largest absolute Gasteiger partial charge is 0.341 e. The van der Waals surface area contributed by atoms with Gasteiger partial charge in [-0.05, 0) is 50.3 Å². The summed E-state index contributed by atoms with van der Waals surface area (Å²) >= 11 is 0. The summed E-state index contributed by atoms with van der Waals surface area (Å²) in [7, 11) is 0. The van der Waals surface area contributed by atoms with E-state index in [1.54, 1.807) is 9.80 Å². The second kappa shape index (κ2) is 9.21. The average molecular weight is 473 g/mol. The molecule has 0 saturated carbocycles. The molecular weight excluding hydrogens is 440 g/mol. The smallest absolute Gasteiger partial charge is 0.322 e. The Hall–Kier alpha value is -3.61. The first-order valence-corrected chi connectivity index (χ1v) is 12.4. The van der Waals surface area contributed by atoms with Crippen LogP contribution in [0.3, 0.4) is 0 Å². The van der Waals surface area contributed by atoms with Crippen molar-refractivity contribution >= 4 is 17.8 Å². The van der Waals surface area contributed by atoms with Crippen molar-refractivity contribution in [1.29, 1.82) is 0 Å². The molecule has 35 heavy (non-hydrogen) atoms. The predicted molar refractivity (Wildman–Crippen MR) is 133 cm³/mol. The van der Waals surface area contributed by atoms with Gasteiger partial charge in [-0.1, -0.05) is 54.1 Å². The number of rotatable bonds is 5. The van der Waals surface area contributed by atoms with Crippen LogP contribution in [0.4, 0.5) is 4.79 Å². The van der Waals surface area contributed by atoms with E-state index in [1.165, 1.54) is 0 Å². The molecule has 4 amide bonds. The number of likely N-dealkylation sites (tertiary alicyclic amines) is 1. The molecule has 1 N–H and O–H groups in total. The summed E-state index contributed by atoms with van der Waals surface area (Å²) in [6.45, 7) is 8.03. The fourth-order valence-corrected chi connectivity index (χ4v) is 5.64. The molecule has 7 heteroatoms. The highest BCUT2D eigenvalue weighted by Crippen LogP contribution is 2.41. The maximum absolute atomic E-state index is 14.1. The summed E-state index contributed by atoms with van der Waals surface area (Å²) in [6.07, 6.45) is 1.96. The maximum atomic E-state index is 14.1. The zero-order chi connectivity index (χ0) is 24.7. The van der Waals surface area contributed by atoms with Crippen LogP contribution in [0.1, 0.15) is 54.1 Å². The number of hydrogen-bond donors (Lipinski definition) is 1. The quantitative estimate of drug-likeness (QED) is 0.719. The van der Waals surface area contributed by atoms with Crippen molar-refractivity contribution in [2.24, 2.45) is 0 Å². The minimum atomic E-state index is -0.721. The number of benzene rings is 2. The van der Waals surface area contributed by atoms with Gasteiger partial charge in [0.2, 0.25) is 5.91 Å². The SMILES string of the molecule is CCN1C(=O)N[C@H](c2ccc(C)cc2C)C2=C1CN([C@@H](C(=O)N1CCCC1)c1ccccc1)C2=O. The van der Waals surface area contributed by atoms with E-state index in [0.717, 1.165) is 35.1 Å². The minimum Gasteiger partial charge on any atom is -0.341 e. The van der Waals surface area contributed by atoms with Crippen LogP contribution in [0.5, 0.6) is 0 Å². The molecule has 2 aromatic carbocycles. The molecule has 3 aliphatic rings. The molecule has 0 aromatic heterocycles. The van der Waals surface area contributed by atoms with Crippen LogP contribution < -0.4 is 5.32 Å². The molecule has 5 rings (SSSR count). The van der Waals surface area contributed by atoms with Crippen LogP contribution in [0.25, 0.3) is 0 Å². The van der Waals surface area contributed by atoms with E-state index >= 15 is 0 Å². The van der Waals surface area contributed by atoms with Crippen molar-refractivity contribution in [3.05, 3.63) is 82.1 Å². The standard InChI is InChI=1S/C28H32N4O3/c1-4-31-22-17-32(25(20-10-6-5-7-11-20)27(34)30-14-8-9-15-30)26(33)23(22)24(29-28(31)35)21-13-12-18(2)16-19(21)3/h5-7,10-13,16,24-25H,4,8-9,14-15,17H2,1-3H3,(H,29,35)/t24-,25-/m1/s1. The maximum Gasteiger partial charge on any atom is 0.322 e. The third-order valence-corrected chi connectivity index (χ3v) is 7.38. The first-order chi connectivity index (χ1) is 16.9. The number of hydrogen-bond acceptors (Lipinski definition) is 3. The number of amides is 4. The van der Waals surface area contributed by atoms with Crippen LogP contribution in [-0.4, -0.2) is 58.7 Å². The van der Waals surface area contributed by atoms with Gasteiger partial charge in [-0.3, -0.25) is 14.5 Å². The Morgan fingerprint density at radius 1 is 1.06 bits per heavy atom. The van der Waals surface area contributed by atoms with Crippen LogP contribution in [0, 0.1) is 13.8 Å². The van der Waals surface area contributed by atoms with E-state index < -0.39 is 12.1 Å². The lowest BCUT2D eigenvalue weighted by Crippen LogP contribution is -2.47. The normalized spacial score (nSPS) is 20.9. The molecule has 2 atom stereocenters. The van der Waals surface area contributed by atoms with Crippen molar-refractivity contribution in [2.45, 2.75) is 45.7 Å². The highest BCUT2D eigenvalue weighted by atomic mass is 16.2. The Labute approximate surface area is 206 Å². The van der Waals surface area contributed by atoms with Crippen molar-refractivity contribution in [1.82, 2.24) is 20.0 Å². The number of aryl methyl sites for hydroxylation is 2. The van der Waals surface area contributed by atoms with Crippen LogP contribution in [0.15, 0.2) is 59.8 Å². The Bertz CT molecular complexity index is 1200. The molecule has 7 nitrogen and oxygen atoms in total. The fourth-order valence-electron chi connectivity index (χ4n) is 5.64. The number of likely N-dealkylation sites (N-methyl/N-ethyl adjacent to an activating group) is 1. The zero-order valence-corrected chi connectivity index (χ0v) is 20.6. The molecule has 182 valence electrons. The van der Waals surface area contributed by atoms with Crippen molar-refractivity contribution in [2.75, 3.05) is 26.2 Å². The molecule has 2 aromatic rings. The van der Waals surface area contributed by atoms with Gasteiger partial charge < -0.3 is 15.1 Å². The molecule has 0 bridgehead atoms. The number of carbonyl (C=O) groups is 3. The minimum absolute atomic E-state index is 0.0488. The summed E-state index contributed by atoms with van der Waals surface area (Å²) in [6, 6.07) is 14.1. The van der Waals surface area contributed by atoms with Crippen molar-refractivity contribution in [3.63, 3.8) is 0 Å². The molecular formula is C28H32N4O3. The first-order valence-electron chi connectivity index (χ1n) is 12.4. The number of carbonyl (C=O) groups excluding carboxylic acids is 3. The topological polar surface area (TPSA) is 73.0 Å².